The lowest BCUT2D eigenvalue weighted by atomic mass is 10.0. The van der Waals surface area contributed by atoms with Gasteiger partial charge in [0, 0.05) is 47.4 Å². The first-order valence-corrected chi connectivity index (χ1v) is 10.9. The Morgan fingerprint density at radius 2 is 1.97 bits per heavy atom. The molecule has 0 aliphatic carbocycles. The van der Waals surface area contributed by atoms with Gasteiger partial charge in [0.25, 0.3) is 5.91 Å². The molecule has 0 radical (unpaired) electrons. The number of rotatable bonds is 6. The fourth-order valence-electron chi connectivity index (χ4n) is 3.73. The van der Waals surface area contributed by atoms with Crippen LogP contribution >= 0.6 is 11.6 Å². The van der Waals surface area contributed by atoms with Gasteiger partial charge in [0.1, 0.15) is 0 Å². The molecule has 9 heteroatoms. The van der Waals surface area contributed by atoms with Crippen molar-refractivity contribution >= 4 is 52.8 Å². The lowest BCUT2D eigenvalue weighted by molar-refractivity contribution is -0.121. The molecule has 3 amide bonds. The Morgan fingerprint density at radius 1 is 1.15 bits per heavy atom. The first-order chi connectivity index (χ1) is 16.0. The van der Waals surface area contributed by atoms with Crippen LogP contribution in [0, 0.1) is 0 Å². The van der Waals surface area contributed by atoms with E-state index in [1.165, 1.54) is 6.08 Å². The molecule has 8 nitrogen and oxygen atoms in total. The van der Waals surface area contributed by atoms with Crippen LogP contribution in [0.2, 0.25) is 5.02 Å². The van der Waals surface area contributed by atoms with Crippen molar-refractivity contribution in [2.75, 3.05) is 18.4 Å². The second kappa shape index (κ2) is 10.2. The second-order valence-electron chi connectivity index (χ2n) is 7.71. The van der Waals surface area contributed by atoms with E-state index in [2.05, 4.69) is 15.3 Å². The highest BCUT2D eigenvalue weighted by atomic mass is 35.5. The van der Waals surface area contributed by atoms with Gasteiger partial charge in [0.15, 0.2) is 0 Å². The highest BCUT2D eigenvalue weighted by Crippen LogP contribution is 2.20. The summed E-state index contributed by atoms with van der Waals surface area (Å²) in [7, 11) is 0. The molecule has 2 aromatic carbocycles. The van der Waals surface area contributed by atoms with Crippen LogP contribution in [0.3, 0.4) is 0 Å². The quantitative estimate of drug-likeness (QED) is 0.429. The zero-order chi connectivity index (χ0) is 23.2. The average molecular weight is 464 g/mol. The Bertz CT molecular complexity index is 1210. The minimum Gasteiger partial charge on any atom is -0.350 e. The van der Waals surface area contributed by atoms with E-state index in [4.69, 9.17) is 11.6 Å². The summed E-state index contributed by atoms with van der Waals surface area (Å²) < 4.78 is 0. The molecule has 33 heavy (non-hydrogen) atoms. The molecule has 0 bridgehead atoms. The maximum atomic E-state index is 13.0. The summed E-state index contributed by atoms with van der Waals surface area (Å²) in [4.78, 5) is 45.3. The minimum atomic E-state index is -0.504. The molecule has 1 aromatic heterocycles. The van der Waals surface area contributed by atoms with Gasteiger partial charge in [0.2, 0.25) is 18.3 Å². The lowest BCUT2D eigenvalue weighted by Crippen LogP contribution is -2.45. The third kappa shape index (κ3) is 5.72. The van der Waals surface area contributed by atoms with Gasteiger partial charge in [-0.05, 0) is 54.8 Å². The van der Waals surface area contributed by atoms with Gasteiger partial charge in [-0.3, -0.25) is 19.7 Å². The molecular weight excluding hydrogens is 442 g/mol. The SMILES string of the molecule is O=CNC(=O)C=Cc1ccc(C(=O)N2CCC[C@H](Nc3ncc4cc(Cl)ccc4n3)C2)cc1. The molecule has 4 rings (SSSR count). The molecule has 168 valence electrons. The van der Waals surface area contributed by atoms with Crippen molar-refractivity contribution in [3.63, 3.8) is 0 Å². The van der Waals surface area contributed by atoms with Crippen LogP contribution in [0.15, 0.2) is 54.7 Å². The molecule has 0 spiro atoms. The van der Waals surface area contributed by atoms with E-state index in [0.29, 0.717) is 36.0 Å². The van der Waals surface area contributed by atoms with Crippen molar-refractivity contribution in [3.05, 3.63) is 70.9 Å². The summed E-state index contributed by atoms with van der Waals surface area (Å²) >= 11 is 6.02. The third-order valence-electron chi connectivity index (χ3n) is 5.37. The first-order valence-electron chi connectivity index (χ1n) is 10.5. The van der Waals surface area contributed by atoms with Crippen LogP contribution in [0.25, 0.3) is 17.0 Å². The summed E-state index contributed by atoms with van der Waals surface area (Å²) in [5.41, 5.74) is 2.13. The van der Waals surface area contributed by atoms with Gasteiger partial charge in [-0.15, -0.1) is 0 Å². The van der Waals surface area contributed by atoms with E-state index >= 15 is 0 Å². The number of likely N-dealkylation sites (tertiary alicyclic amines) is 1. The van der Waals surface area contributed by atoms with E-state index in [1.54, 1.807) is 42.6 Å². The number of aromatic nitrogens is 2. The number of piperidine rings is 1. The molecule has 2 N–H and O–H groups in total. The number of nitrogens with one attached hydrogen (secondary N) is 2. The monoisotopic (exact) mass is 463 g/mol. The van der Waals surface area contributed by atoms with Crippen LogP contribution in [0.4, 0.5) is 5.95 Å². The maximum absolute atomic E-state index is 13.0. The molecule has 1 aliphatic heterocycles. The molecule has 1 atom stereocenters. The van der Waals surface area contributed by atoms with Crippen molar-refractivity contribution in [1.82, 2.24) is 20.2 Å². The largest absolute Gasteiger partial charge is 0.350 e. The Labute approximate surface area is 195 Å². The van der Waals surface area contributed by atoms with E-state index in [0.717, 1.165) is 29.3 Å². The normalized spacial score (nSPS) is 16.0. The third-order valence-corrected chi connectivity index (χ3v) is 5.60. The number of fused-ring (bicyclic) bond motifs is 1. The molecule has 3 aromatic rings. The lowest BCUT2D eigenvalue weighted by Gasteiger charge is -2.33. The van der Waals surface area contributed by atoms with E-state index in [9.17, 15) is 14.4 Å². The summed E-state index contributed by atoms with van der Waals surface area (Å²) in [5, 5.41) is 6.89. The number of amides is 3. The number of carbonyl (C=O) groups excluding carboxylic acids is 3. The Kier molecular flexibility index (Phi) is 6.95. The molecule has 0 saturated carbocycles. The predicted molar refractivity (Wildman–Crippen MR) is 127 cm³/mol. The van der Waals surface area contributed by atoms with Gasteiger partial charge in [-0.2, -0.15) is 0 Å². The van der Waals surface area contributed by atoms with Crippen molar-refractivity contribution < 1.29 is 14.4 Å². The highest BCUT2D eigenvalue weighted by Gasteiger charge is 2.25. The predicted octanol–water partition coefficient (Wildman–Crippen LogP) is 3.29. The Balaban J connectivity index is 1.38. The van der Waals surface area contributed by atoms with Crippen LogP contribution in [0.5, 0.6) is 0 Å². The van der Waals surface area contributed by atoms with Gasteiger partial charge < -0.3 is 10.2 Å². The van der Waals surface area contributed by atoms with Crippen LogP contribution in [0.1, 0.15) is 28.8 Å². The summed E-state index contributed by atoms with van der Waals surface area (Å²) in [6.45, 7) is 1.23. The summed E-state index contributed by atoms with van der Waals surface area (Å²) in [6.07, 6.45) is 6.69. The molecule has 1 fully saturated rings. The topological polar surface area (TPSA) is 104 Å². The standard InChI is InChI=1S/C24H22ClN5O3/c25-19-8-9-21-18(12-19)13-26-24(29-21)28-20-2-1-11-30(14-20)23(33)17-6-3-16(4-7-17)5-10-22(32)27-15-31/h3-10,12-13,15,20H,1-2,11,14H2,(H,26,28,29)(H,27,31,32)/t20-/m0/s1. The van der Waals surface area contributed by atoms with Crippen molar-refractivity contribution in [3.8, 4) is 0 Å². The molecular formula is C24H22ClN5O3. The Morgan fingerprint density at radius 3 is 2.76 bits per heavy atom. The van der Waals surface area contributed by atoms with Crippen molar-refractivity contribution in [2.45, 2.75) is 18.9 Å². The van der Waals surface area contributed by atoms with Crippen LogP contribution < -0.4 is 10.6 Å². The number of hydrogen-bond acceptors (Lipinski definition) is 6. The minimum absolute atomic E-state index is 0.0472. The second-order valence-corrected chi connectivity index (χ2v) is 8.15. The van der Waals surface area contributed by atoms with Crippen molar-refractivity contribution in [2.24, 2.45) is 0 Å². The number of benzene rings is 2. The van der Waals surface area contributed by atoms with Gasteiger partial charge in [-0.25, -0.2) is 9.97 Å². The highest BCUT2D eigenvalue weighted by molar-refractivity contribution is 6.31. The molecule has 1 saturated heterocycles. The van der Waals surface area contributed by atoms with Crippen LogP contribution in [-0.2, 0) is 9.59 Å². The van der Waals surface area contributed by atoms with E-state index < -0.39 is 5.91 Å². The van der Waals surface area contributed by atoms with Crippen LogP contribution in [-0.4, -0.2) is 52.2 Å². The number of anilines is 1. The molecule has 1 aliphatic rings. The maximum Gasteiger partial charge on any atom is 0.253 e. The number of carbonyl (C=O) groups is 3. The molecule has 0 unspecified atom stereocenters. The number of hydrogen-bond donors (Lipinski definition) is 2. The molecule has 2 heterocycles. The Hall–Kier alpha value is -3.78. The number of nitrogens with zero attached hydrogens (tertiary/aromatic N) is 3. The fraction of sp³-hybridized carbons (Fsp3) is 0.208. The average Bonchev–Trinajstić information content (AvgIpc) is 2.83. The smallest absolute Gasteiger partial charge is 0.253 e. The van der Waals surface area contributed by atoms with Gasteiger partial charge in [0.05, 0.1) is 5.52 Å². The zero-order valence-electron chi connectivity index (χ0n) is 17.7. The number of halogens is 1. The summed E-state index contributed by atoms with van der Waals surface area (Å²) in [5.74, 6) is -0.0279. The van der Waals surface area contributed by atoms with Gasteiger partial charge >= 0.3 is 0 Å². The number of imide groups is 1. The zero-order valence-corrected chi connectivity index (χ0v) is 18.5. The fourth-order valence-corrected chi connectivity index (χ4v) is 3.91. The summed E-state index contributed by atoms with van der Waals surface area (Å²) in [6, 6.07) is 12.5. The van der Waals surface area contributed by atoms with E-state index in [-0.39, 0.29) is 11.9 Å². The first kappa shape index (κ1) is 22.4. The van der Waals surface area contributed by atoms with Crippen molar-refractivity contribution in [1.29, 1.82) is 0 Å². The van der Waals surface area contributed by atoms with Gasteiger partial charge in [-0.1, -0.05) is 23.7 Å². The van der Waals surface area contributed by atoms with E-state index in [1.807, 2.05) is 22.3 Å².